The van der Waals surface area contributed by atoms with Crippen LogP contribution in [0.1, 0.15) is 11.1 Å². The van der Waals surface area contributed by atoms with Crippen LogP contribution in [0, 0.1) is 13.8 Å². The predicted octanol–water partition coefficient (Wildman–Crippen LogP) is 3.25. The van der Waals surface area contributed by atoms with Gasteiger partial charge in [-0.05, 0) is 43.4 Å². The zero-order valence-electron chi connectivity index (χ0n) is 9.83. The van der Waals surface area contributed by atoms with Gasteiger partial charge in [0.15, 0.2) is 0 Å². The van der Waals surface area contributed by atoms with Crippen molar-refractivity contribution >= 4 is 21.9 Å². The first kappa shape index (κ1) is 15.2. The number of thioether (sulfide) groups is 1. The Bertz CT molecular complexity index is 550. The maximum absolute atomic E-state index is 12.2. The Kier molecular flexibility index (Phi) is 4.22. The summed E-state index contributed by atoms with van der Waals surface area (Å²) in [6.45, 7) is 3.20. The van der Waals surface area contributed by atoms with Gasteiger partial charge >= 0.3 is 15.6 Å². The lowest BCUT2D eigenvalue weighted by molar-refractivity contribution is -0.0500. The average molecular weight is 300 g/mol. The van der Waals surface area contributed by atoms with E-state index in [0.717, 1.165) is 4.90 Å². The topological polar surface area (TPSA) is 43.4 Å². The van der Waals surface area contributed by atoms with Crippen molar-refractivity contribution in [2.45, 2.75) is 24.3 Å². The van der Waals surface area contributed by atoms with Crippen LogP contribution in [0.15, 0.2) is 17.0 Å². The van der Waals surface area contributed by atoms with Crippen LogP contribution in [0.4, 0.5) is 13.2 Å². The molecule has 1 aromatic rings. The highest BCUT2D eigenvalue weighted by atomic mass is 32.2. The summed E-state index contributed by atoms with van der Waals surface area (Å²) >= 11 is 1.41. The minimum absolute atomic E-state index is 0.303. The quantitative estimate of drug-likeness (QED) is 0.488. The van der Waals surface area contributed by atoms with Gasteiger partial charge in [-0.1, -0.05) is 0 Å². The molecule has 1 rings (SSSR count). The van der Waals surface area contributed by atoms with Crippen LogP contribution < -0.4 is 4.18 Å². The van der Waals surface area contributed by atoms with E-state index in [0.29, 0.717) is 11.1 Å². The van der Waals surface area contributed by atoms with Crippen LogP contribution in [-0.2, 0) is 10.1 Å². The summed E-state index contributed by atoms with van der Waals surface area (Å²) in [5.74, 6) is -0.303. The van der Waals surface area contributed by atoms with Gasteiger partial charge in [0.05, 0.1) is 0 Å². The van der Waals surface area contributed by atoms with E-state index in [2.05, 4.69) is 4.18 Å². The first-order chi connectivity index (χ1) is 8.10. The van der Waals surface area contributed by atoms with Gasteiger partial charge in [-0.3, -0.25) is 0 Å². The Morgan fingerprint density at radius 2 is 1.72 bits per heavy atom. The van der Waals surface area contributed by atoms with Crippen LogP contribution in [-0.4, -0.2) is 20.2 Å². The number of rotatable bonds is 3. The van der Waals surface area contributed by atoms with E-state index in [9.17, 15) is 21.6 Å². The summed E-state index contributed by atoms with van der Waals surface area (Å²) in [4.78, 5) is 0.851. The summed E-state index contributed by atoms with van der Waals surface area (Å²) in [5.41, 5.74) is -4.36. The van der Waals surface area contributed by atoms with Crippen molar-refractivity contribution < 1.29 is 25.8 Å². The fraction of sp³-hybridized carbons (Fsp3) is 0.400. The normalized spacial score (nSPS) is 12.6. The van der Waals surface area contributed by atoms with Crippen LogP contribution in [0.3, 0.4) is 0 Å². The van der Waals surface area contributed by atoms with Crippen LogP contribution in [0.2, 0.25) is 0 Å². The average Bonchev–Trinajstić information content (AvgIpc) is 2.23. The Labute approximate surface area is 107 Å². The summed E-state index contributed by atoms with van der Waals surface area (Å²) in [6, 6.07) is 2.74. The van der Waals surface area contributed by atoms with Crippen molar-refractivity contribution in [3.05, 3.63) is 23.3 Å². The molecule has 0 saturated heterocycles. The van der Waals surface area contributed by atoms with Gasteiger partial charge in [-0.15, -0.1) is 11.8 Å². The molecule has 102 valence electrons. The molecule has 0 spiro atoms. The molecule has 0 aromatic heterocycles. The van der Waals surface area contributed by atoms with E-state index in [1.54, 1.807) is 6.92 Å². The maximum Gasteiger partial charge on any atom is 0.534 e. The zero-order valence-corrected chi connectivity index (χ0v) is 11.5. The molecule has 3 nitrogen and oxygen atoms in total. The number of benzene rings is 1. The van der Waals surface area contributed by atoms with E-state index < -0.39 is 15.6 Å². The molecule has 0 heterocycles. The standard InChI is InChI=1S/C10H11F3O3S2/c1-6-7(2)9(17-3)5-4-8(6)16-18(14,15)10(11,12)13/h4-5H,1-3H3. The van der Waals surface area contributed by atoms with Gasteiger partial charge in [-0.25, -0.2) is 0 Å². The molecule has 0 bridgehead atoms. The zero-order chi connectivity index (χ0) is 14.1. The van der Waals surface area contributed by atoms with Crippen molar-refractivity contribution in [1.82, 2.24) is 0 Å². The van der Waals surface area contributed by atoms with Crippen molar-refractivity contribution in [1.29, 1.82) is 0 Å². The smallest absolute Gasteiger partial charge is 0.376 e. The van der Waals surface area contributed by atoms with Crippen molar-refractivity contribution in [3.8, 4) is 5.75 Å². The van der Waals surface area contributed by atoms with Crippen molar-refractivity contribution in [3.63, 3.8) is 0 Å². The second-order valence-corrected chi connectivity index (χ2v) is 5.89. The highest BCUT2D eigenvalue weighted by Gasteiger charge is 2.48. The molecule has 0 saturated carbocycles. The molecule has 0 atom stereocenters. The number of alkyl halides is 3. The first-order valence-corrected chi connectivity index (χ1v) is 7.38. The Balaban J connectivity index is 3.19. The number of hydrogen-bond donors (Lipinski definition) is 0. The van der Waals surface area contributed by atoms with Gasteiger partial charge in [0.1, 0.15) is 5.75 Å². The van der Waals surface area contributed by atoms with E-state index in [4.69, 9.17) is 0 Å². The lowest BCUT2D eigenvalue weighted by atomic mass is 10.1. The second-order valence-electron chi connectivity index (χ2n) is 3.50. The Morgan fingerprint density at radius 1 is 1.17 bits per heavy atom. The third kappa shape index (κ3) is 2.92. The minimum atomic E-state index is -5.62. The Hall–Kier alpha value is -0.890. The van der Waals surface area contributed by atoms with Crippen molar-refractivity contribution in [2.75, 3.05) is 6.26 Å². The molecule has 8 heteroatoms. The third-order valence-electron chi connectivity index (χ3n) is 2.39. The van der Waals surface area contributed by atoms with Gasteiger partial charge in [0, 0.05) is 4.90 Å². The maximum atomic E-state index is 12.2. The minimum Gasteiger partial charge on any atom is -0.376 e. The lowest BCUT2D eigenvalue weighted by Crippen LogP contribution is -2.28. The molecule has 0 N–H and O–H groups in total. The SMILES string of the molecule is CSc1ccc(OS(=O)(=O)C(F)(F)F)c(C)c1C. The molecule has 0 radical (unpaired) electrons. The van der Waals surface area contributed by atoms with Crippen LogP contribution >= 0.6 is 11.8 Å². The number of hydrogen-bond acceptors (Lipinski definition) is 4. The predicted molar refractivity (Wildman–Crippen MR) is 63.3 cm³/mol. The third-order valence-corrected chi connectivity index (χ3v) is 4.24. The molecule has 18 heavy (non-hydrogen) atoms. The summed E-state index contributed by atoms with van der Waals surface area (Å²) in [7, 11) is -5.62. The van der Waals surface area contributed by atoms with E-state index in [-0.39, 0.29) is 5.75 Å². The van der Waals surface area contributed by atoms with Gasteiger partial charge in [0.25, 0.3) is 0 Å². The molecular weight excluding hydrogens is 289 g/mol. The van der Waals surface area contributed by atoms with Crippen molar-refractivity contribution in [2.24, 2.45) is 0 Å². The van der Waals surface area contributed by atoms with Gasteiger partial charge in [-0.2, -0.15) is 21.6 Å². The molecule has 0 fully saturated rings. The molecular formula is C10H11F3O3S2. The van der Waals surface area contributed by atoms with Gasteiger partial charge < -0.3 is 4.18 Å². The molecule has 0 aliphatic heterocycles. The highest BCUT2D eigenvalue weighted by molar-refractivity contribution is 7.98. The largest absolute Gasteiger partial charge is 0.534 e. The fourth-order valence-corrected chi connectivity index (χ4v) is 2.42. The fourth-order valence-electron chi connectivity index (χ4n) is 1.25. The second kappa shape index (κ2) is 5.00. The first-order valence-electron chi connectivity index (χ1n) is 4.75. The molecule has 0 aliphatic rings. The van der Waals surface area contributed by atoms with E-state index in [1.165, 1.54) is 30.8 Å². The molecule has 0 unspecified atom stereocenters. The van der Waals surface area contributed by atoms with Gasteiger partial charge in [0.2, 0.25) is 0 Å². The summed E-state index contributed by atoms with van der Waals surface area (Å²) < 4.78 is 62.4. The lowest BCUT2D eigenvalue weighted by Gasteiger charge is -2.14. The highest BCUT2D eigenvalue weighted by Crippen LogP contribution is 2.33. The summed E-state index contributed by atoms with van der Waals surface area (Å²) in [5, 5.41) is 0. The van der Waals surface area contributed by atoms with Crippen LogP contribution in [0.25, 0.3) is 0 Å². The number of halogens is 3. The molecule has 0 amide bonds. The molecule has 0 aliphatic carbocycles. The van der Waals surface area contributed by atoms with E-state index in [1.807, 2.05) is 6.26 Å². The molecule has 1 aromatic carbocycles. The monoisotopic (exact) mass is 300 g/mol. The Morgan fingerprint density at radius 3 is 2.17 bits per heavy atom. The summed E-state index contributed by atoms with van der Waals surface area (Å²) in [6.07, 6.45) is 1.81. The van der Waals surface area contributed by atoms with Crippen LogP contribution in [0.5, 0.6) is 5.75 Å². The van der Waals surface area contributed by atoms with E-state index >= 15 is 0 Å².